The number of nitrogens with two attached hydrogens (primary N) is 1. The molecule has 1 heterocycles. The van der Waals surface area contributed by atoms with Crippen LogP contribution in [0.2, 0.25) is 0 Å². The highest BCUT2D eigenvalue weighted by molar-refractivity contribution is 9.10. The summed E-state index contributed by atoms with van der Waals surface area (Å²) >= 11 is 4.72. The molecule has 26 heavy (non-hydrogen) atoms. The number of hydrogen-bond donors (Lipinski definition) is 2. The van der Waals surface area contributed by atoms with Gasteiger partial charge in [-0.3, -0.25) is 4.79 Å². The number of hydrogen-bond acceptors (Lipinski definition) is 6. The van der Waals surface area contributed by atoms with Crippen LogP contribution in [0.1, 0.15) is 20.3 Å². The molecule has 0 saturated carbocycles. The Morgan fingerprint density at radius 1 is 1.35 bits per heavy atom. The average molecular weight is 442 g/mol. The van der Waals surface area contributed by atoms with Gasteiger partial charge in [0.2, 0.25) is 11.1 Å². The Morgan fingerprint density at radius 2 is 2.12 bits per heavy atom. The number of nitrogen functional groups attached to an aromatic ring is 1. The van der Waals surface area contributed by atoms with Crippen molar-refractivity contribution in [2.75, 3.05) is 31.4 Å². The van der Waals surface area contributed by atoms with E-state index >= 15 is 0 Å². The molecule has 2 aromatic rings. The normalized spacial score (nSPS) is 11.1. The molecule has 0 fully saturated rings. The third-order valence-corrected chi connectivity index (χ3v) is 5.15. The van der Waals surface area contributed by atoms with E-state index in [1.807, 2.05) is 24.3 Å². The van der Waals surface area contributed by atoms with Gasteiger partial charge in [0.1, 0.15) is 0 Å². The summed E-state index contributed by atoms with van der Waals surface area (Å²) < 4.78 is 7.74. The van der Waals surface area contributed by atoms with Crippen molar-refractivity contribution in [2.24, 2.45) is 5.92 Å². The first kappa shape index (κ1) is 20.7. The molecule has 1 aromatic carbocycles. The summed E-state index contributed by atoms with van der Waals surface area (Å²) in [5.74, 6) is 7.36. The third-order valence-electron chi connectivity index (χ3n) is 3.52. The standard InChI is InChI=1S/C17H24BrN5O2S/c1-12(2)7-9-25-10-8-20-15(24)11-26-17-22-21-16(23(17)19)13-5-3-4-6-14(13)18/h3-6,12H,7-11,19H2,1-2H3,(H,20,24). The number of nitrogens with one attached hydrogen (secondary N) is 1. The summed E-state index contributed by atoms with van der Waals surface area (Å²) in [6.45, 7) is 6.04. The molecule has 3 N–H and O–H groups in total. The minimum atomic E-state index is -0.0899. The molecule has 1 amide bonds. The van der Waals surface area contributed by atoms with E-state index in [0.717, 1.165) is 23.1 Å². The fourth-order valence-corrected chi connectivity index (χ4v) is 3.21. The van der Waals surface area contributed by atoms with Gasteiger partial charge in [0.25, 0.3) is 0 Å². The van der Waals surface area contributed by atoms with Crippen LogP contribution in [0.5, 0.6) is 0 Å². The summed E-state index contributed by atoms with van der Waals surface area (Å²) in [6.07, 6.45) is 1.02. The zero-order valence-corrected chi connectivity index (χ0v) is 17.3. The van der Waals surface area contributed by atoms with Crippen molar-refractivity contribution >= 4 is 33.6 Å². The number of amides is 1. The molecule has 9 heteroatoms. The zero-order valence-electron chi connectivity index (χ0n) is 14.9. The molecule has 0 atom stereocenters. The van der Waals surface area contributed by atoms with E-state index in [1.165, 1.54) is 16.4 Å². The number of carbonyl (C=O) groups excluding carboxylic acids is 1. The van der Waals surface area contributed by atoms with Gasteiger partial charge < -0.3 is 15.9 Å². The van der Waals surface area contributed by atoms with Crippen molar-refractivity contribution in [1.29, 1.82) is 0 Å². The Hall–Kier alpha value is -1.58. The zero-order chi connectivity index (χ0) is 18.9. The second kappa shape index (κ2) is 10.5. The largest absolute Gasteiger partial charge is 0.380 e. The van der Waals surface area contributed by atoms with Gasteiger partial charge in [-0.1, -0.05) is 53.7 Å². The molecule has 0 saturated heterocycles. The SMILES string of the molecule is CC(C)CCOCCNC(=O)CSc1nnc(-c2ccccc2Br)n1N. The number of rotatable bonds is 10. The van der Waals surface area contributed by atoms with Gasteiger partial charge in [-0.05, 0) is 24.5 Å². The van der Waals surface area contributed by atoms with E-state index < -0.39 is 0 Å². The number of aromatic nitrogens is 3. The molecule has 0 aliphatic rings. The van der Waals surface area contributed by atoms with Crippen molar-refractivity contribution in [3.8, 4) is 11.4 Å². The fourth-order valence-electron chi connectivity index (χ4n) is 2.07. The number of nitrogens with zero attached hydrogens (tertiary/aromatic N) is 3. The highest BCUT2D eigenvalue weighted by atomic mass is 79.9. The number of carbonyl (C=O) groups is 1. The maximum absolute atomic E-state index is 11.9. The van der Waals surface area contributed by atoms with Crippen molar-refractivity contribution in [3.05, 3.63) is 28.7 Å². The number of benzene rings is 1. The average Bonchev–Trinajstić information content (AvgIpc) is 2.97. The van der Waals surface area contributed by atoms with Gasteiger partial charge in [0, 0.05) is 23.2 Å². The number of ether oxygens (including phenoxy) is 1. The van der Waals surface area contributed by atoms with Gasteiger partial charge in [0.15, 0.2) is 5.82 Å². The molecule has 1 aromatic heterocycles. The minimum absolute atomic E-state index is 0.0899. The number of halogens is 1. The molecule has 142 valence electrons. The Balaban J connectivity index is 1.76. The lowest BCUT2D eigenvalue weighted by Crippen LogP contribution is -2.29. The predicted molar refractivity (Wildman–Crippen MR) is 107 cm³/mol. The summed E-state index contributed by atoms with van der Waals surface area (Å²) in [5, 5.41) is 11.5. The predicted octanol–water partition coefficient (Wildman–Crippen LogP) is 2.69. The van der Waals surface area contributed by atoms with Crippen LogP contribution < -0.4 is 11.2 Å². The Bertz CT molecular complexity index is 723. The maximum atomic E-state index is 11.9. The van der Waals surface area contributed by atoms with Gasteiger partial charge in [0.05, 0.1) is 12.4 Å². The summed E-state index contributed by atoms with van der Waals surface area (Å²) in [6, 6.07) is 7.63. The van der Waals surface area contributed by atoms with E-state index in [-0.39, 0.29) is 11.7 Å². The lowest BCUT2D eigenvalue weighted by Gasteiger charge is -2.08. The smallest absolute Gasteiger partial charge is 0.230 e. The summed E-state index contributed by atoms with van der Waals surface area (Å²) in [5.41, 5.74) is 0.845. The Kier molecular flexibility index (Phi) is 8.40. The van der Waals surface area contributed by atoms with E-state index in [0.29, 0.717) is 30.1 Å². The van der Waals surface area contributed by atoms with E-state index in [9.17, 15) is 4.79 Å². The molecule has 0 spiro atoms. The van der Waals surface area contributed by atoms with Crippen LogP contribution in [0.3, 0.4) is 0 Å². The quantitative estimate of drug-likeness (QED) is 0.334. The van der Waals surface area contributed by atoms with Gasteiger partial charge in [-0.25, -0.2) is 4.68 Å². The van der Waals surface area contributed by atoms with Crippen molar-refractivity contribution in [3.63, 3.8) is 0 Å². The lowest BCUT2D eigenvalue weighted by molar-refractivity contribution is -0.118. The lowest BCUT2D eigenvalue weighted by atomic mass is 10.1. The highest BCUT2D eigenvalue weighted by Gasteiger charge is 2.15. The summed E-state index contributed by atoms with van der Waals surface area (Å²) in [4.78, 5) is 11.9. The second-order valence-corrected chi connectivity index (χ2v) is 7.89. The molecule has 0 radical (unpaired) electrons. The van der Waals surface area contributed by atoms with Crippen molar-refractivity contribution < 1.29 is 9.53 Å². The fraction of sp³-hybridized carbons (Fsp3) is 0.471. The molecule has 7 nitrogen and oxygen atoms in total. The van der Waals surface area contributed by atoms with Crippen LogP contribution in [0.15, 0.2) is 33.9 Å². The van der Waals surface area contributed by atoms with E-state index in [1.54, 1.807) is 0 Å². The topological polar surface area (TPSA) is 95.1 Å². The van der Waals surface area contributed by atoms with Crippen LogP contribution >= 0.6 is 27.7 Å². The molecule has 0 bridgehead atoms. The van der Waals surface area contributed by atoms with Crippen LogP contribution in [0.25, 0.3) is 11.4 Å². The van der Waals surface area contributed by atoms with E-state index in [4.69, 9.17) is 10.6 Å². The first-order chi connectivity index (χ1) is 12.5. The van der Waals surface area contributed by atoms with Crippen molar-refractivity contribution in [1.82, 2.24) is 20.2 Å². The molecule has 2 rings (SSSR count). The molecule has 0 unspecified atom stereocenters. The Labute approximate surface area is 166 Å². The monoisotopic (exact) mass is 441 g/mol. The second-order valence-electron chi connectivity index (χ2n) is 6.09. The van der Waals surface area contributed by atoms with Crippen molar-refractivity contribution in [2.45, 2.75) is 25.4 Å². The van der Waals surface area contributed by atoms with Crippen LogP contribution in [0, 0.1) is 5.92 Å². The number of thioether (sulfide) groups is 1. The van der Waals surface area contributed by atoms with Gasteiger partial charge >= 0.3 is 0 Å². The third kappa shape index (κ3) is 6.30. The first-order valence-electron chi connectivity index (χ1n) is 8.41. The van der Waals surface area contributed by atoms with E-state index in [2.05, 4.69) is 45.3 Å². The summed E-state index contributed by atoms with van der Waals surface area (Å²) in [7, 11) is 0. The molecule has 0 aliphatic heterocycles. The Morgan fingerprint density at radius 3 is 2.85 bits per heavy atom. The first-order valence-corrected chi connectivity index (χ1v) is 10.2. The van der Waals surface area contributed by atoms with Crippen LogP contribution in [-0.4, -0.2) is 46.3 Å². The molecule has 0 aliphatic carbocycles. The van der Waals surface area contributed by atoms with Crippen LogP contribution in [-0.2, 0) is 9.53 Å². The van der Waals surface area contributed by atoms with Crippen LogP contribution in [0.4, 0.5) is 0 Å². The molecular formula is C17H24BrN5O2S. The van der Waals surface area contributed by atoms with Gasteiger partial charge in [-0.15, -0.1) is 10.2 Å². The minimum Gasteiger partial charge on any atom is -0.380 e. The molecular weight excluding hydrogens is 418 g/mol. The highest BCUT2D eigenvalue weighted by Crippen LogP contribution is 2.27. The maximum Gasteiger partial charge on any atom is 0.230 e. The van der Waals surface area contributed by atoms with Gasteiger partial charge in [-0.2, -0.15) is 0 Å².